The lowest BCUT2D eigenvalue weighted by Crippen LogP contribution is -2.33. The summed E-state index contributed by atoms with van der Waals surface area (Å²) in [5, 5.41) is 15.1. The Kier molecular flexibility index (Phi) is 9.49. The number of hydrogen-bond donors (Lipinski definition) is 2. The molecule has 36 heavy (non-hydrogen) atoms. The van der Waals surface area contributed by atoms with Crippen molar-refractivity contribution in [2.24, 2.45) is 13.0 Å². The van der Waals surface area contributed by atoms with Gasteiger partial charge in [-0.15, -0.1) is 10.2 Å². The second-order valence-electron chi connectivity index (χ2n) is 8.21. The van der Waals surface area contributed by atoms with E-state index < -0.39 is 12.0 Å². The van der Waals surface area contributed by atoms with E-state index >= 15 is 0 Å². The summed E-state index contributed by atoms with van der Waals surface area (Å²) in [7, 11) is 1.79. The summed E-state index contributed by atoms with van der Waals surface area (Å²) in [6.45, 7) is 5.94. The number of ether oxygens (including phenoxy) is 1. The number of carbonyl (C=O) groups is 3. The number of rotatable bonds is 10. The van der Waals surface area contributed by atoms with Crippen LogP contribution in [0.25, 0.3) is 0 Å². The smallest absolute Gasteiger partial charge is 0.338 e. The third-order valence-electron chi connectivity index (χ3n) is 5.21. The summed E-state index contributed by atoms with van der Waals surface area (Å²) in [4.78, 5) is 37.2. The highest BCUT2D eigenvalue weighted by Crippen LogP contribution is 2.25. The first-order valence-corrected chi connectivity index (χ1v) is 12.7. The lowest BCUT2D eigenvalue weighted by Gasteiger charge is -2.22. The van der Waals surface area contributed by atoms with E-state index in [2.05, 4.69) is 20.8 Å². The highest BCUT2D eigenvalue weighted by atomic mass is 35.5. The number of anilines is 1. The topological polar surface area (TPSA) is 115 Å². The zero-order chi connectivity index (χ0) is 26.2. The Morgan fingerprint density at radius 2 is 1.86 bits per heavy atom. The molecule has 0 unspecified atom stereocenters. The van der Waals surface area contributed by atoms with Crippen LogP contribution in [0.3, 0.4) is 0 Å². The summed E-state index contributed by atoms with van der Waals surface area (Å²) in [5.41, 5.74) is 1.23. The van der Waals surface area contributed by atoms with Crippen LogP contribution in [0.2, 0.25) is 5.02 Å². The summed E-state index contributed by atoms with van der Waals surface area (Å²) in [6.07, 6.45) is 0. The average molecular weight is 530 g/mol. The Hall–Kier alpha value is -3.37. The number of thioether (sulfide) groups is 1. The van der Waals surface area contributed by atoms with Crippen molar-refractivity contribution in [3.8, 4) is 0 Å². The van der Waals surface area contributed by atoms with E-state index in [0.717, 1.165) is 0 Å². The SMILES string of the molecule is CCOC(=O)c1cccc(NC(=O)CSc2nnc([C@@H](NC(=O)c3ccccc3Cl)C(C)C)n2C)c1. The second-order valence-corrected chi connectivity index (χ2v) is 9.56. The number of nitrogens with zero attached hydrogens (tertiary/aromatic N) is 3. The molecule has 1 aromatic heterocycles. The van der Waals surface area contributed by atoms with Crippen LogP contribution in [-0.2, 0) is 16.6 Å². The van der Waals surface area contributed by atoms with Crippen LogP contribution in [0.5, 0.6) is 0 Å². The number of carbonyl (C=O) groups excluding carboxylic acids is 3. The number of aromatic nitrogens is 3. The van der Waals surface area contributed by atoms with Gasteiger partial charge in [0.15, 0.2) is 11.0 Å². The molecule has 190 valence electrons. The fourth-order valence-electron chi connectivity index (χ4n) is 3.38. The van der Waals surface area contributed by atoms with Gasteiger partial charge in [-0.1, -0.05) is 55.4 Å². The maximum atomic E-state index is 12.8. The molecule has 0 bridgehead atoms. The Morgan fingerprint density at radius 1 is 1.11 bits per heavy atom. The molecule has 1 atom stereocenters. The van der Waals surface area contributed by atoms with Crippen LogP contribution in [-0.4, -0.2) is 44.9 Å². The van der Waals surface area contributed by atoms with E-state index in [0.29, 0.717) is 32.8 Å². The van der Waals surface area contributed by atoms with Gasteiger partial charge < -0.3 is 19.9 Å². The van der Waals surface area contributed by atoms with E-state index in [1.165, 1.54) is 11.8 Å². The lowest BCUT2D eigenvalue weighted by atomic mass is 10.0. The Morgan fingerprint density at radius 3 is 2.56 bits per heavy atom. The van der Waals surface area contributed by atoms with Crippen molar-refractivity contribution in [1.82, 2.24) is 20.1 Å². The monoisotopic (exact) mass is 529 g/mol. The van der Waals surface area contributed by atoms with Gasteiger partial charge in [0.05, 0.1) is 34.6 Å². The Labute approximate surface area is 219 Å². The average Bonchev–Trinajstić information content (AvgIpc) is 3.21. The first-order valence-electron chi connectivity index (χ1n) is 11.4. The van der Waals surface area contributed by atoms with Gasteiger partial charge in [-0.2, -0.15) is 0 Å². The van der Waals surface area contributed by atoms with E-state index in [4.69, 9.17) is 16.3 Å². The van der Waals surface area contributed by atoms with E-state index in [1.807, 2.05) is 13.8 Å². The predicted molar refractivity (Wildman–Crippen MR) is 139 cm³/mol. The fraction of sp³-hybridized carbons (Fsp3) is 0.320. The van der Waals surface area contributed by atoms with Crippen molar-refractivity contribution in [3.05, 3.63) is 70.5 Å². The van der Waals surface area contributed by atoms with Crippen LogP contribution in [0.15, 0.2) is 53.7 Å². The van der Waals surface area contributed by atoms with Gasteiger partial charge in [0.25, 0.3) is 5.91 Å². The third-order valence-corrected chi connectivity index (χ3v) is 6.56. The lowest BCUT2D eigenvalue weighted by molar-refractivity contribution is -0.113. The highest BCUT2D eigenvalue weighted by Gasteiger charge is 2.26. The predicted octanol–water partition coefficient (Wildman–Crippen LogP) is 4.50. The van der Waals surface area contributed by atoms with Gasteiger partial charge in [-0.05, 0) is 43.2 Å². The quantitative estimate of drug-likeness (QED) is 0.293. The zero-order valence-corrected chi connectivity index (χ0v) is 22.0. The molecule has 2 N–H and O–H groups in total. The number of amides is 2. The number of hydrogen-bond acceptors (Lipinski definition) is 7. The largest absolute Gasteiger partial charge is 0.462 e. The molecule has 11 heteroatoms. The molecule has 0 aliphatic carbocycles. The summed E-state index contributed by atoms with van der Waals surface area (Å²) < 4.78 is 6.75. The number of nitrogens with one attached hydrogen (secondary N) is 2. The van der Waals surface area contributed by atoms with Crippen LogP contribution < -0.4 is 10.6 Å². The van der Waals surface area contributed by atoms with Gasteiger partial charge >= 0.3 is 5.97 Å². The number of halogens is 1. The first-order chi connectivity index (χ1) is 17.2. The Bertz CT molecular complexity index is 1250. The fourth-order valence-corrected chi connectivity index (χ4v) is 4.32. The minimum Gasteiger partial charge on any atom is -0.462 e. The molecular formula is C25H28ClN5O4S. The van der Waals surface area contributed by atoms with Crippen molar-refractivity contribution in [1.29, 1.82) is 0 Å². The summed E-state index contributed by atoms with van der Waals surface area (Å²) in [6, 6.07) is 13.0. The van der Waals surface area contributed by atoms with Crippen LogP contribution in [0.1, 0.15) is 53.4 Å². The maximum Gasteiger partial charge on any atom is 0.338 e. The molecule has 2 aromatic carbocycles. The molecule has 3 rings (SSSR count). The maximum absolute atomic E-state index is 12.8. The summed E-state index contributed by atoms with van der Waals surface area (Å²) in [5.74, 6) is -0.356. The normalized spacial score (nSPS) is 11.7. The van der Waals surface area contributed by atoms with Gasteiger partial charge in [0.1, 0.15) is 0 Å². The third kappa shape index (κ3) is 6.86. The number of benzene rings is 2. The molecule has 0 aliphatic heterocycles. The molecule has 0 saturated heterocycles. The minimum absolute atomic E-state index is 0.0205. The van der Waals surface area contributed by atoms with Crippen molar-refractivity contribution in [2.75, 3.05) is 17.7 Å². The van der Waals surface area contributed by atoms with Crippen molar-refractivity contribution < 1.29 is 19.1 Å². The minimum atomic E-state index is -0.448. The zero-order valence-electron chi connectivity index (χ0n) is 20.4. The van der Waals surface area contributed by atoms with Crippen molar-refractivity contribution in [2.45, 2.75) is 32.0 Å². The van der Waals surface area contributed by atoms with Crippen LogP contribution in [0, 0.1) is 5.92 Å². The molecule has 2 amide bonds. The summed E-state index contributed by atoms with van der Waals surface area (Å²) >= 11 is 7.39. The van der Waals surface area contributed by atoms with Crippen LogP contribution >= 0.6 is 23.4 Å². The molecule has 9 nitrogen and oxygen atoms in total. The van der Waals surface area contributed by atoms with Gasteiger partial charge in [-0.3, -0.25) is 9.59 Å². The van der Waals surface area contributed by atoms with E-state index in [-0.39, 0.29) is 30.1 Å². The van der Waals surface area contributed by atoms with Crippen molar-refractivity contribution in [3.63, 3.8) is 0 Å². The standard InChI is InChI=1S/C25H28ClN5O4S/c1-5-35-24(34)16-9-8-10-17(13-16)27-20(32)14-36-25-30-29-22(31(25)4)21(15(2)3)28-23(33)18-11-6-7-12-19(18)26/h6-13,15,21H,5,14H2,1-4H3,(H,27,32)(H,28,33)/t21-/m0/s1. The molecule has 0 saturated carbocycles. The molecule has 3 aromatic rings. The second kappa shape index (κ2) is 12.5. The van der Waals surface area contributed by atoms with Crippen molar-refractivity contribution >= 4 is 46.8 Å². The molecule has 0 radical (unpaired) electrons. The molecule has 0 fully saturated rings. The van der Waals surface area contributed by atoms with E-state index in [1.54, 1.807) is 67.1 Å². The highest BCUT2D eigenvalue weighted by molar-refractivity contribution is 7.99. The van der Waals surface area contributed by atoms with Crippen LogP contribution in [0.4, 0.5) is 5.69 Å². The van der Waals surface area contributed by atoms with Gasteiger partial charge in [0.2, 0.25) is 5.91 Å². The first kappa shape index (κ1) is 27.2. The molecule has 1 heterocycles. The Balaban J connectivity index is 1.65. The van der Waals surface area contributed by atoms with Gasteiger partial charge in [0, 0.05) is 12.7 Å². The number of esters is 1. The molecule has 0 aliphatic rings. The van der Waals surface area contributed by atoms with Gasteiger partial charge in [-0.25, -0.2) is 4.79 Å². The molecule has 0 spiro atoms. The molecular weight excluding hydrogens is 502 g/mol. The van der Waals surface area contributed by atoms with E-state index in [9.17, 15) is 14.4 Å².